The Morgan fingerprint density at radius 3 is 2.64 bits per heavy atom. The molecule has 1 unspecified atom stereocenters. The second kappa shape index (κ2) is 8.65. The van der Waals surface area contributed by atoms with Crippen molar-refractivity contribution in [3.63, 3.8) is 0 Å². The monoisotopic (exact) mass is 383 g/mol. The highest BCUT2D eigenvalue weighted by Crippen LogP contribution is 2.36. The van der Waals surface area contributed by atoms with Crippen molar-refractivity contribution >= 4 is 5.91 Å². The third-order valence-electron chi connectivity index (χ3n) is 5.75. The molecule has 3 rings (SSSR count). The van der Waals surface area contributed by atoms with E-state index in [1.807, 2.05) is 17.0 Å². The van der Waals surface area contributed by atoms with E-state index in [0.717, 1.165) is 19.3 Å². The van der Waals surface area contributed by atoms with Gasteiger partial charge in [-0.1, -0.05) is 24.3 Å². The first-order valence-corrected chi connectivity index (χ1v) is 9.68. The molecular weight excluding hydrogens is 354 g/mol. The standard InChI is InChI=1S/C23H29NO4/c1-17-7-4-5-8-18(17)14-23(16-25)11-6-12-24(15-23)22(26)20-10-9-19(27-2)13-21(20)28-3/h4-5,7-10,13,25H,6,11-12,14-16H2,1-3H3. The summed E-state index contributed by atoms with van der Waals surface area (Å²) in [7, 11) is 3.14. The molecule has 1 fully saturated rings. The second-order valence-electron chi connectivity index (χ2n) is 7.66. The van der Waals surface area contributed by atoms with E-state index in [-0.39, 0.29) is 17.9 Å². The average molecular weight is 383 g/mol. The summed E-state index contributed by atoms with van der Waals surface area (Å²) in [5.74, 6) is 1.08. The molecule has 0 saturated carbocycles. The van der Waals surface area contributed by atoms with Crippen LogP contribution in [0.2, 0.25) is 0 Å². The molecule has 0 aromatic heterocycles. The highest BCUT2D eigenvalue weighted by molar-refractivity contribution is 5.97. The highest BCUT2D eigenvalue weighted by Gasteiger charge is 2.38. The molecule has 1 N–H and O–H groups in total. The van der Waals surface area contributed by atoms with Crippen LogP contribution >= 0.6 is 0 Å². The number of hydrogen-bond donors (Lipinski definition) is 1. The van der Waals surface area contributed by atoms with Crippen LogP contribution < -0.4 is 9.47 Å². The Labute approximate surface area is 166 Å². The summed E-state index contributed by atoms with van der Waals surface area (Å²) in [5.41, 5.74) is 2.65. The van der Waals surface area contributed by atoms with Gasteiger partial charge in [0.25, 0.3) is 5.91 Å². The summed E-state index contributed by atoms with van der Waals surface area (Å²) in [4.78, 5) is 15.1. The van der Waals surface area contributed by atoms with Gasteiger partial charge in [-0.3, -0.25) is 4.79 Å². The van der Waals surface area contributed by atoms with Gasteiger partial charge in [-0.15, -0.1) is 0 Å². The smallest absolute Gasteiger partial charge is 0.257 e. The number of aliphatic hydroxyl groups excluding tert-OH is 1. The fourth-order valence-corrected chi connectivity index (χ4v) is 4.07. The lowest BCUT2D eigenvalue weighted by Gasteiger charge is -2.42. The van der Waals surface area contributed by atoms with Crippen molar-refractivity contribution in [1.29, 1.82) is 0 Å². The van der Waals surface area contributed by atoms with Crippen LogP contribution in [0.15, 0.2) is 42.5 Å². The summed E-state index contributed by atoms with van der Waals surface area (Å²) in [6, 6.07) is 13.5. The Balaban J connectivity index is 1.83. The van der Waals surface area contributed by atoms with Crippen LogP contribution in [-0.2, 0) is 6.42 Å². The lowest BCUT2D eigenvalue weighted by Crippen LogP contribution is -2.49. The predicted octanol–water partition coefficient (Wildman–Crippen LogP) is 3.47. The average Bonchev–Trinajstić information content (AvgIpc) is 2.74. The molecule has 5 nitrogen and oxygen atoms in total. The van der Waals surface area contributed by atoms with Crippen LogP contribution in [0.25, 0.3) is 0 Å². The first kappa shape index (κ1) is 20.2. The van der Waals surface area contributed by atoms with Gasteiger partial charge in [0.15, 0.2) is 0 Å². The van der Waals surface area contributed by atoms with Crippen LogP contribution in [0, 0.1) is 12.3 Å². The molecular formula is C23H29NO4. The third kappa shape index (κ3) is 4.14. The van der Waals surface area contributed by atoms with Gasteiger partial charge >= 0.3 is 0 Å². The molecule has 1 amide bonds. The number of rotatable bonds is 6. The van der Waals surface area contributed by atoms with Crippen molar-refractivity contribution in [1.82, 2.24) is 4.90 Å². The summed E-state index contributed by atoms with van der Waals surface area (Å²) in [6.07, 6.45) is 2.54. The van der Waals surface area contributed by atoms with E-state index >= 15 is 0 Å². The van der Waals surface area contributed by atoms with E-state index < -0.39 is 0 Å². The molecule has 150 valence electrons. The fourth-order valence-electron chi connectivity index (χ4n) is 4.07. The Morgan fingerprint density at radius 2 is 1.96 bits per heavy atom. The van der Waals surface area contributed by atoms with Crippen molar-refractivity contribution < 1.29 is 19.4 Å². The van der Waals surface area contributed by atoms with Crippen LogP contribution in [0.1, 0.15) is 34.3 Å². The SMILES string of the molecule is COc1ccc(C(=O)N2CCCC(CO)(Cc3ccccc3C)C2)c(OC)c1. The number of likely N-dealkylation sites (tertiary alicyclic amines) is 1. The Bertz CT molecular complexity index is 835. The molecule has 5 heteroatoms. The van der Waals surface area contributed by atoms with Gasteiger partial charge in [0.1, 0.15) is 11.5 Å². The minimum Gasteiger partial charge on any atom is -0.497 e. The lowest BCUT2D eigenvalue weighted by molar-refractivity contribution is 0.0269. The van der Waals surface area contributed by atoms with E-state index in [4.69, 9.17) is 9.47 Å². The van der Waals surface area contributed by atoms with E-state index in [9.17, 15) is 9.90 Å². The Hall–Kier alpha value is -2.53. The zero-order chi connectivity index (χ0) is 20.1. The molecule has 1 saturated heterocycles. The number of amides is 1. The van der Waals surface area contributed by atoms with Crippen LogP contribution in [0.4, 0.5) is 0 Å². The van der Waals surface area contributed by atoms with Crippen molar-refractivity contribution in [3.05, 3.63) is 59.2 Å². The van der Waals surface area contributed by atoms with Crippen molar-refractivity contribution in [2.45, 2.75) is 26.2 Å². The van der Waals surface area contributed by atoms with E-state index in [1.165, 1.54) is 11.1 Å². The maximum absolute atomic E-state index is 13.2. The largest absolute Gasteiger partial charge is 0.497 e. The number of hydrogen-bond acceptors (Lipinski definition) is 4. The van der Waals surface area contributed by atoms with Gasteiger partial charge in [0.05, 0.1) is 26.4 Å². The first-order chi connectivity index (χ1) is 13.5. The number of aliphatic hydroxyl groups is 1. The van der Waals surface area contributed by atoms with Crippen molar-refractivity contribution in [2.24, 2.45) is 5.41 Å². The number of ether oxygens (including phenoxy) is 2. The number of carbonyl (C=O) groups is 1. The maximum Gasteiger partial charge on any atom is 0.257 e. The highest BCUT2D eigenvalue weighted by atomic mass is 16.5. The Kier molecular flexibility index (Phi) is 6.25. The van der Waals surface area contributed by atoms with E-state index in [1.54, 1.807) is 32.4 Å². The summed E-state index contributed by atoms with van der Waals surface area (Å²) < 4.78 is 10.6. The predicted molar refractivity (Wildman–Crippen MR) is 109 cm³/mol. The fraction of sp³-hybridized carbons (Fsp3) is 0.435. The molecule has 0 spiro atoms. The first-order valence-electron chi connectivity index (χ1n) is 9.68. The van der Waals surface area contributed by atoms with Crippen LogP contribution in [0.5, 0.6) is 11.5 Å². The van der Waals surface area contributed by atoms with Gasteiger partial charge < -0.3 is 19.5 Å². The number of aryl methyl sites for hydroxylation is 1. The number of nitrogens with zero attached hydrogens (tertiary/aromatic N) is 1. The Morgan fingerprint density at radius 1 is 1.18 bits per heavy atom. The van der Waals surface area contributed by atoms with Crippen LogP contribution in [0.3, 0.4) is 0 Å². The minimum absolute atomic E-state index is 0.0604. The molecule has 1 heterocycles. The quantitative estimate of drug-likeness (QED) is 0.830. The zero-order valence-corrected chi connectivity index (χ0v) is 16.9. The second-order valence-corrected chi connectivity index (χ2v) is 7.66. The van der Waals surface area contributed by atoms with Crippen molar-refractivity contribution in [3.8, 4) is 11.5 Å². The molecule has 1 aliphatic rings. The molecule has 1 atom stereocenters. The normalized spacial score (nSPS) is 19.4. The van der Waals surface area contributed by atoms with Gasteiger partial charge in [0, 0.05) is 24.6 Å². The van der Waals surface area contributed by atoms with E-state index in [2.05, 4.69) is 19.1 Å². The van der Waals surface area contributed by atoms with Crippen molar-refractivity contribution in [2.75, 3.05) is 33.9 Å². The van der Waals surface area contributed by atoms with Gasteiger partial charge in [0.2, 0.25) is 0 Å². The summed E-state index contributed by atoms with van der Waals surface area (Å²) in [5, 5.41) is 10.3. The molecule has 1 aliphatic heterocycles. The number of piperidine rings is 1. The summed E-state index contributed by atoms with van der Waals surface area (Å²) >= 11 is 0. The van der Waals surface area contributed by atoms with Gasteiger partial charge in [-0.25, -0.2) is 0 Å². The van der Waals surface area contributed by atoms with Gasteiger partial charge in [-0.2, -0.15) is 0 Å². The van der Waals surface area contributed by atoms with E-state index in [0.29, 0.717) is 30.2 Å². The molecule has 2 aromatic carbocycles. The topological polar surface area (TPSA) is 59.0 Å². The molecule has 28 heavy (non-hydrogen) atoms. The summed E-state index contributed by atoms with van der Waals surface area (Å²) in [6.45, 7) is 3.37. The molecule has 0 aliphatic carbocycles. The molecule has 2 aromatic rings. The number of carbonyl (C=O) groups excluding carboxylic acids is 1. The maximum atomic E-state index is 13.2. The number of methoxy groups -OCH3 is 2. The third-order valence-corrected chi connectivity index (χ3v) is 5.75. The van der Waals surface area contributed by atoms with Crippen LogP contribution in [-0.4, -0.2) is 49.8 Å². The number of benzene rings is 2. The molecule has 0 radical (unpaired) electrons. The zero-order valence-electron chi connectivity index (χ0n) is 16.9. The minimum atomic E-state index is -0.320. The molecule has 0 bridgehead atoms. The van der Waals surface area contributed by atoms with Gasteiger partial charge in [-0.05, 0) is 49.4 Å². The lowest BCUT2D eigenvalue weighted by atomic mass is 9.75.